The van der Waals surface area contributed by atoms with Gasteiger partial charge in [-0.2, -0.15) is 0 Å². The molecule has 6 nitrogen and oxygen atoms in total. The van der Waals surface area contributed by atoms with E-state index in [1.54, 1.807) is 11.0 Å². The highest BCUT2D eigenvalue weighted by Gasteiger charge is 2.39. The van der Waals surface area contributed by atoms with Gasteiger partial charge in [0.2, 0.25) is 5.91 Å². The van der Waals surface area contributed by atoms with E-state index in [2.05, 4.69) is 0 Å². The number of carbonyl (C=O) groups excluding carboxylic acids is 3. The smallest absolute Gasteiger partial charge is 0.312 e. The van der Waals surface area contributed by atoms with Gasteiger partial charge in [-0.05, 0) is 36.6 Å². The van der Waals surface area contributed by atoms with Crippen molar-refractivity contribution >= 4 is 23.4 Å². The number of hydrogen-bond acceptors (Lipinski definition) is 3. The molecule has 1 saturated carbocycles. The van der Waals surface area contributed by atoms with Gasteiger partial charge in [-0.25, -0.2) is 4.39 Å². The van der Waals surface area contributed by atoms with Crippen LogP contribution in [0.3, 0.4) is 0 Å². The predicted molar refractivity (Wildman–Crippen MR) is 105 cm³/mol. The number of nitrogens with zero attached hydrogens (tertiary/aromatic N) is 3. The summed E-state index contributed by atoms with van der Waals surface area (Å²) in [4.78, 5) is 42.6. The van der Waals surface area contributed by atoms with E-state index in [-0.39, 0.29) is 31.6 Å². The van der Waals surface area contributed by atoms with Crippen LogP contribution in [-0.4, -0.2) is 53.2 Å². The molecule has 0 unspecified atom stereocenters. The van der Waals surface area contributed by atoms with Gasteiger partial charge in [0.1, 0.15) is 12.4 Å². The fraction of sp³-hybridized carbons (Fsp3) is 0.318. The topological polar surface area (TPSA) is 60.9 Å². The van der Waals surface area contributed by atoms with Crippen LogP contribution in [0.1, 0.15) is 18.4 Å². The molecule has 2 fully saturated rings. The Balaban J connectivity index is 1.42. The maximum absolute atomic E-state index is 13.5. The fourth-order valence-electron chi connectivity index (χ4n) is 3.55. The van der Waals surface area contributed by atoms with E-state index >= 15 is 0 Å². The molecule has 1 saturated heterocycles. The van der Waals surface area contributed by atoms with Crippen molar-refractivity contribution in [2.24, 2.45) is 0 Å². The molecular formula is C22H22FN3O3. The lowest BCUT2D eigenvalue weighted by Gasteiger charge is -2.35. The van der Waals surface area contributed by atoms with E-state index in [0.717, 1.165) is 18.4 Å². The van der Waals surface area contributed by atoms with E-state index in [4.69, 9.17) is 0 Å². The Bertz CT molecular complexity index is 930. The van der Waals surface area contributed by atoms with Crippen LogP contribution in [0.4, 0.5) is 10.1 Å². The number of hydrogen-bond donors (Lipinski definition) is 0. The first-order valence-corrected chi connectivity index (χ1v) is 9.72. The lowest BCUT2D eigenvalue weighted by atomic mass is 10.2. The van der Waals surface area contributed by atoms with Crippen LogP contribution in [0.5, 0.6) is 0 Å². The summed E-state index contributed by atoms with van der Waals surface area (Å²) in [6, 6.07) is 15.4. The molecule has 0 aromatic heterocycles. The van der Waals surface area contributed by atoms with E-state index in [9.17, 15) is 18.8 Å². The molecule has 0 spiro atoms. The average Bonchev–Trinajstić information content (AvgIpc) is 3.57. The van der Waals surface area contributed by atoms with Gasteiger partial charge < -0.3 is 14.7 Å². The largest absolute Gasteiger partial charge is 0.327 e. The monoisotopic (exact) mass is 395 g/mol. The Hall–Kier alpha value is -3.22. The lowest BCUT2D eigenvalue weighted by molar-refractivity contribution is -0.153. The minimum Gasteiger partial charge on any atom is -0.327 e. The Morgan fingerprint density at radius 2 is 1.79 bits per heavy atom. The predicted octanol–water partition coefficient (Wildman–Crippen LogP) is 2.19. The SMILES string of the molecule is O=C(C(=O)N(Cc1ccccc1)C1CC1)N1CCN(c2cccc(F)c2)C(=O)C1. The molecular weight excluding hydrogens is 373 g/mol. The van der Waals surface area contributed by atoms with Gasteiger partial charge in [0.25, 0.3) is 0 Å². The summed E-state index contributed by atoms with van der Waals surface area (Å²) in [5.74, 6) is -1.97. The summed E-state index contributed by atoms with van der Waals surface area (Å²) in [5, 5.41) is 0. The maximum atomic E-state index is 13.5. The van der Waals surface area contributed by atoms with Gasteiger partial charge in [-0.3, -0.25) is 14.4 Å². The number of carbonyl (C=O) groups is 3. The minimum atomic E-state index is -0.653. The number of anilines is 1. The van der Waals surface area contributed by atoms with Gasteiger partial charge in [-0.1, -0.05) is 36.4 Å². The second-order valence-corrected chi connectivity index (χ2v) is 7.40. The first-order chi connectivity index (χ1) is 14.0. The molecule has 29 heavy (non-hydrogen) atoms. The van der Waals surface area contributed by atoms with E-state index < -0.39 is 17.6 Å². The van der Waals surface area contributed by atoms with Crippen molar-refractivity contribution in [1.29, 1.82) is 0 Å². The third-order valence-electron chi connectivity index (χ3n) is 5.25. The zero-order valence-corrected chi connectivity index (χ0v) is 16.0. The van der Waals surface area contributed by atoms with E-state index in [0.29, 0.717) is 12.2 Å². The van der Waals surface area contributed by atoms with Crippen molar-refractivity contribution in [3.05, 3.63) is 66.0 Å². The van der Waals surface area contributed by atoms with Crippen LogP contribution in [0.15, 0.2) is 54.6 Å². The quantitative estimate of drug-likeness (QED) is 0.746. The molecule has 2 aromatic rings. The normalized spacial score (nSPS) is 16.7. The lowest BCUT2D eigenvalue weighted by Crippen LogP contribution is -2.56. The van der Waals surface area contributed by atoms with E-state index in [1.807, 2.05) is 30.3 Å². The Labute approximate surface area is 168 Å². The number of halogens is 1. The molecule has 150 valence electrons. The zero-order chi connectivity index (χ0) is 20.4. The average molecular weight is 395 g/mol. The number of benzene rings is 2. The third kappa shape index (κ3) is 4.29. The molecule has 7 heteroatoms. The molecule has 0 N–H and O–H groups in total. The Kier molecular flexibility index (Phi) is 5.29. The zero-order valence-electron chi connectivity index (χ0n) is 16.0. The Morgan fingerprint density at radius 3 is 2.45 bits per heavy atom. The molecule has 1 aliphatic carbocycles. The third-order valence-corrected chi connectivity index (χ3v) is 5.25. The van der Waals surface area contributed by atoms with Crippen LogP contribution in [-0.2, 0) is 20.9 Å². The second kappa shape index (κ2) is 8.03. The van der Waals surface area contributed by atoms with Crippen molar-refractivity contribution < 1.29 is 18.8 Å². The second-order valence-electron chi connectivity index (χ2n) is 7.40. The summed E-state index contributed by atoms with van der Waals surface area (Å²) >= 11 is 0. The summed E-state index contributed by atoms with van der Waals surface area (Å²) in [6.45, 7) is 0.651. The van der Waals surface area contributed by atoms with Crippen LogP contribution < -0.4 is 4.90 Å². The van der Waals surface area contributed by atoms with Crippen molar-refractivity contribution in [2.45, 2.75) is 25.4 Å². The summed E-state index contributed by atoms with van der Waals surface area (Å²) < 4.78 is 13.5. The minimum absolute atomic E-state index is 0.0796. The number of amides is 3. The van der Waals surface area contributed by atoms with Gasteiger partial charge in [0, 0.05) is 31.4 Å². The van der Waals surface area contributed by atoms with Crippen molar-refractivity contribution in [2.75, 3.05) is 24.5 Å². The van der Waals surface area contributed by atoms with Gasteiger partial charge in [0.15, 0.2) is 0 Å². The number of piperazine rings is 1. The number of rotatable bonds is 4. The highest BCUT2D eigenvalue weighted by atomic mass is 19.1. The standard InChI is InChI=1S/C22H22FN3O3/c23-17-7-4-8-19(13-17)25-12-11-24(15-20(25)27)21(28)22(29)26(18-9-10-18)14-16-5-2-1-3-6-16/h1-8,13,18H,9-12,14-15H2. The van der Waals surface area contributed by atoms with Crippen LogP contribution in [0.2, 0.25) is 0 Å². The molecule has 1 heterocycles. The summed E-state index contributed by atoms with van der Waals surface area (Å²) in [7, 11) is 0. The highest BCUT2D eigenvalue weighted by Crippen LogP contribution is 2.29. The molecule has 2 aliphatic rings. The molecule has 0 radical (unpaired) electrons. The van der Waals surface area contributed by atoms with Gasteiger partial charge in [-0.15, -0.1) is 0 Å². The summed E-state index contributed by atoms with van der Waals surface area (Å²) in [6.07, 6.45) is 1.77. The first-order valence-electron chi connectivity index (χ1n) is 9.72. The molecule has 0 atom stereocenters. The molecule has 1 aliphatic heterocycles. The van der Waals surface area contributed by atoms with Gasteiger partial charge in [0.05, 0.1) is 0 Å². The Morgan fingerprint density at radius 1 is 1.03 bits per heavy atom. The van der Waals surface area contributed by atoms with Gasteiger partial charge >= 0.3 is 11.8 Å². The fourth-order valence-corrected chi connectivity index (χ4v) is 3.55. The van der Waals surface area contributed by atoms with Crippen LogP contribution in [0, 0.1) is 5.82 Å². The van der Waals surface area contributed by atoms with E-state index in [1.165, 1.54) is 28.0 Å². The molecule has 0 bridgehead atoms. The van der Waals surface area contributed by atoms with Crippen molar-refractivity contribution in [3.63, 3.8) is 0 Å². The molecule has 2 aromatic carbocycles. The first kappa shape index (κ1) is 19.1. The maximum Gasteiger partial charge on any atom is 0.312 e. The van der Waals surface area contributed by atoms with Crippen molar-refractivity contribution in [3.8, 4) is 0 Å². The molecule has 3 amide bonds. The van der Waals surface area contributed by atoms with Crippen LogP contribution in [0.25, 0.3) is 0 Å². The van der Waals surface area contributed by atoms with Crippen LogP contribution >= 0.6 is 0 Å². The van der Waals surface area contributed by atoms with Crippen molar-refractivity contribution in [1.82, 2.24) is 9.80 Å². The molecule has 4 rings (SSSR count). The highest BCUT2D eigenvalue weighted by molar-refractivity contribution is 6.35. The summed E-state index contributed by atoms with van der Waals surface area (Å²) in [5.41, 5.74) is 1.42.